The third-order valence-corrected chi connectivity index (χ3v) is 2.95. The van der Waals surface area contributed by atoms with E-state index in [4.69, 9.17) is 10.8 Å². The fraction of sp³-hybridized carbons (Fsp3) is 1.00. The van der Waals surface area contributed by atoms with E-state index in [1.54, 1.807) is 0 Å². The fourth-order valence-corrected chi connectivity index (χ4v) is 1.94. The van der Waals surface area contributed by atoms with Crippen molar-refractivity contribution in [3.63, 3.8) is 0 Å². The number of alkyl halides is 3. The van der Waals surface area contributed by atoms with Gasteiger partial charge in [-0.25, -0.2) is 0 Å². The number of rotatable bonds is 3. The predicted octanol–water partition coefficient (Wildman–Crippen LogP) is 0.580. The fourth-order valence-electron chi connectivity index (χ4n) is 1.94. The van der Waals surface area contributed by atoms with Gasteiger partial charge in [0.05, 0.1) is 0 Å². The zero-order valence-electron chi connectivity index (χ0n) is 8.50. The molecule has 1 rings (SSSR count). The number of nitrogens with zero attached hydrogens (tertiary/aromatic N) is 1. The molecule has 6 heteroatoms. The van der Waals surface area contributed by atoms with Gasteiger partial charge in [-0.1, -0.05) is 0 Å². The van der Waals surface area contributed by atoms with Crippen molar-refractivity contribution in [3.05, 3.63) is 0 Å². The third-order valence-electron chi connectivity index (χ3n) is 2.95. The first-order chi connectivity index (χ1) is 6.99. The standard InChI is InChI=1S/C9H17F3N2O/c10-9(11,12)8(5-13)14-3-1-7(6-15)2-4-14/h7-8,15H,1-6,13H2. The van der Waals surface area contributed by atoms with Crippen molar-refractivity contribution in [2.45, 2.75) is 25.1 Å². The summed E-state index contributed by atoms with van der Waals surface area (Å²) in [5, 5.41) is 8.87. The topological polar surface area (TPSA) is 49.5 Å². The van der Waals surface area contributed by atoms with E-state index in [9.17, 15) is 13.2 Å². The van der Waals surface area contributed by atoms with Crippen LogP contribution in [-0.2, 0) is 0 Å². The highest BCUT2D eigenvalue weighted by atomic mass is 19.4. The molecule has 1 saturated heterocycles. The first-order valence-electron chi connectivity index (χ1n) is 5.10. The van der Waals surface area contributed by atoms with Crippen LogP contribution in [0.15, 0.2) is 0 Å². The lowest BCUT2D eigenvalue weighted by atomic mass is 9.96. The van der Waals surface area contributed by atoms with Gasteiger partial charge in [0.2, 0.25) is 0 Å². The zero-order valence-corrected chi connectivity index (χ0v) is 8.50. The third kappa shape index (κ3) is 3.32. The summed E-state index contributed by atoms with van der Waals surface area (Å²) in [4.78, 5) is 1.37. The molecule has 3 N–H and O–H groups in total. The van der Waals surface area contributed by atoms with E-state index in [0.29, 0.717) is 25.9 Å². The van der Waals surface area contributed by atoms with Gasteiger partial charge in [-0.05, 0) is 31.8 Å². The number of nitrogens with two attached hydrogens (primary N) is 1. The summed E-state index contributed by atoms with van der Waals surface area (Å²) in [6.45, 7) is 0.402. The lowest BCUT2D eigenvalue weighted by molar-refractivity contribution is -0.184. The summed E-state index contributed by atoms with van der Waals surface area (Å²) in [6, 6.07) is -1.53. The quantitative estimate of drug-likeness (QED) is 0.740. The lowest BCUT2D eigenvalue weighted by Crippen LogP contribution is -2.53. The van der Waals surface area contributed by atoms with Crippen LogP contribution in [-0.4, -0.2) is 48.5 Å². The molecule has 0 amide bonds. The van der Waals surface area contributed by atoms with Crippen LogP contribution in [0.3, 0.4) is 0 Å². The second-order valence-electron chi connectivity index (χ2n) is 3.96. The number of hydrogen-bond donors (Lipinski definition) is 2. The van der Waals surface area contributed by atoms with Crippen molar-refractivity contribution < 1.29 is 18.3 Å². The van der Waals surface area contributed by atoms with Crippen LogP contribution in [0.1, 0.15) is 12.8 Å². The highest BCUT2D eigenvalue weighted by Crippen LogP contribution is 2.27. The molecule has 15 heavy (non-hydrogen) atoms. The maximum Gasteiger partial charge on any atom is 0.405 e. The summed E-state index contributed by atoms with van der Waals surface area (Å²) in [6.07, 6.45) is -3.02. The van der Waals surface area contributed by atoms with Crippen molar-refractivity contribution >= 4 is 0 Å². The van der Waals surface area contributed by atoms with Gasteiger partial charge in [0.1, 0.15) is 6.04 Å². The summed E-state index contributed by atoms with van der Waals surface area (Å²) in [5.41, 5.74) is 5.15. The normalized spacial score (nSPS) is 23.0. The Morgan fingerprint density at radius 1 is 1.33 bits per heavy atom. The Morgan fingerprint density at radius 2 is 1.87 bits per heavy atom. The molecule has 0 aromatic heterocycles. The van der Waals surface area contributed by atoms with E-state index in [-0.39, 0.29) is 12.5 Å². The van der Waals surface area contributed by atoms with E-state index in [1.165, 1.54) is 4.90 Å². The Bertz CT molecular complexity index is 190. The largest absolute Gasteiger partial charge is 0.405 e. The van der Waals surface area contributed by atoms with Gasteiger partial charge in [0.15, 0.2) is 0 Å². The van der Waals surface area contributed by atoms with Gasteiger partial charge in [-0.15, -0.1) is 0 Å². The first kappa shape index (κ1) is 12.7. The van der Waals surface area contributed by atoms with Gasteiger partial charge < -0.3 is 10.8 Å². The summed E-state index contributed by atoms with van der Waals surface area (Å²) >= 11 is 0. The van der Waals surface area contributed by atoms with E-state index in [0.717, 1.165) is 0 Å². The second-order valence-corrected chi connectivity index (χ2v) is 3.96. The molecule has 0 spiro atoms. The monoisotopic (exact) mass is 226 g/mol. The molecular formula is C9H17F3N2O. The van der Waals surface area contributed by atoms with Crippen LogP contribution in [0.4, 0.5) is 13.2 Å². The van der Waals surface area contributed by atoms with Gasteiger partial charge in [-0.2, -0.15) is 13.2 Å². The van der Waals surface area contributed by atoms with Crippen molar-refractivity contribution in [1.29, 1.82) is 0 Å². The number of piperidine rings is 1. The number of likely N-dealkylation sites (tertiary alicyclic amines) is 1. The first-order valence-corrected chi connectivity index (χ1v) is 5.10. The molecular weight excluding hydrogens is 209 g/mol. The maximum absolute atomic E-state index is 12.5. The van der Waals surface area contributed by atoms with Crippen LogP contribution in [0.5, 0.6) is 0 Å². The Hall–Kier alpha value is -0.330. The molecule has 1 heterocycles. The molecule has 0 aromatic rings. The predicted molar refractivity (Wildman–Crippen MR) is 50.3 cm³/mol. The zero-order chi connectivity index (χ0) is 11.5. The number of aliphatic hydroxyl groups excluding tert-OH is 1. The molecule has 0 aliphatic carbocycles. The van der Waals surface area contributed by atoms with Crippen molar-refractivity contribution in [3.8, 4) is 0 Å². The highest BCUT2D eigenvalue weighted by Gasteiger charge is 2.43. The van der Waals surface area contributed by atoms with Crippen LogP contribution in [0.25, 0.3) is 0 Å². The lowest BCUT2D eigenvalue weighted by Gasteiger charge is -2.37. The Balaban J connectivity index is 2.50. The van der Waals surface area contributed by atoms with E-state index >= 15 is 0 Å². The number of aliphatic hydroxyl groups is 1. The van der Waals surface area contributed by atoms with E-state index in [1.807, 2.05) is 0 Å². The Labute approximate surface area is 87.0 Å². The molecule has 1 aliphatic heterocycles. The maximum atomic E-state index is 12.5. The van der Waals surface area contributed by atoms with Crippen molar-refractivity contribution in [1.82, 2.24) is 4.90 Å². The van der Waals surface area contributed by atoms with E-state index < -0.39 is 18.8 Å². The SMILES string of the molecule is NCC(N1CCC(CO)CC1)C(F)(F)F. The molecule has 3 nitrogen and oxygen atoms in total. The molecule has 0 saturated carbocycles. The molecule has 1 atom stereocenters. The Morgan fingerprint density at radius 3 is 2.20 bits per heavy atom. The van der Waals surface area contributed by atoms with Crippen LogP contribution in [0, 0.1) is 5.92 Å². The molecule has 1 fully saturated rings. The van der Waals surface area contributed by atoms with Gasteiger partial charge in [0, 0.05) is 13.2 Å². The summed E-state index contributed by atoms with van der Waals surface area (Å²) in [7, 11) is 0. The van der Waals surface area contributed by atoms with Gasteiger partial charge in [-0.3, -0.25) is 4.90 Å². The molecule has 1 aliphatic rings. The second kappa shape index (κ2) is 5.14. The van der Waals surface area contributed by atoms with Crippen molar-refractivity contribution in [2.75, 3.05) is 26.2 Å². The van der Waals surface area contributed by atoms with E-state index in [2.05, 4.69) is 0 Å². The van der Waals surface area contributed by atoms with Crippen LogP contribution < -0.4 is 5.73 Å². The Kier molecular flexibility index (Phi) is 4.36. The number of hydrogen-bond acceptors (Lipinski definition) is 3. The molecule has 1 unspecified atom stereocenters. The summed E-state index contributed by atoms with van der Waals surface area (Å²) < 4.78 is 37.5. The van der Waals surface area contributed by atoms with Crippen molar-refractivity contribution in [2.24, 2.45) is 11.7 Å². The molecule has 0 radical (unpaired) electrons. The minimum absolute atomic E-state index is 0.0626. The molecule has 90 valence electrons. The smallest absolute Gasteiger partial charge is 0.396 e. The molecule has 0 aromatic carbocycles. The van der Waals surface area contributed by atoms with Gasteiger partial charge in [0.25, 0.3) is 0 Å². The molecule has 0 bridgehead atoms. The highest BCUT2D eigenvalue weighted by molar-refractivity contribution is 4.83. The minimum atomic E-state index is -4.25. The van der Waals surface area contributed by atoms with Crippen LogP contribution >= 0.6 is 0 Å². The minimum Gasteiger partial charge on any atom is -0.396 e. The van der Waals surface area contributed by atoms with Gasteiger partial charge >= 0.3 is 6.18 Å². The average Bonchev–Trinajstić information content (AvgIpc) is 2.18. The average molecular weight is 226 g/mol. The van der Waals surface area contributed by atoms with Crippen LogP contribution in [0.2, 0.25) is 0 Å². The number of halogens is 3. The summed E-state index contributed by atoms with van der Waals surface area (Å²) in [5.74, 6) is 0.146.